The number of rotatable bonds is 4. The Morgan fingerprint density at radius 1 is 1.00 bits per heavy atom. The Labute approximate surface area is 137 Å². The fraction of sp³-hybridized carbons (Fsp3) is 0.250. The van der Waals surface area contributed by atoms with Crippen LogP contribution in [0.1, 0.15) is 25.0 Å². The molecule has 118 valence electrons. The largest absolute Gasteiger partial charge is 0.472 e. The fourth-order valence-electron chi connectivity index (χ4n) is 2.52. The minimum absolute atomic E-state index is 0.0147. The summed E-state index contributed by atoms with van der Waals surface area (Å²) in [6.07, 6.45) is 0. The molecule has 0 unspecified atom stereocenters. The van der Waals surface area contributed by atoms with Crippen molar-refractivity contribution in [2.24, 2.45) is 4.99 Å². The van der Waals surface area contributed by atoms with Gasteiger partial charge in [-0.1, -0.05) is 60.7 Å². The lowest BCUT2D eigenvalue weighted by molar-refractivity contribution is 0.213. The van der Waals surface area contributed by atoms with E-state index in [2.05, 4.69) is 29.3 Å². The SMILES string of the molecule is CC(C)(CO)N=C1OCC1=C(c1ccccc1)c1ccccc1. The lowest BCUT2D eigenvalue weighted by atomic mass is 9.91. The summed E-state index contributed by atoms with van der Waals surface area (Å²) in [7, 11) is 0. The molecule has 1 saturated heterocycles. The Balaban J connectivity index is 2.13. The number of hydrogen-bond donors (Lipinski definition) is 1. The molecule has 2 aromatic rings. The van der Waals surface area contributed by atoms with E-state index in [1.54, 1.807) is 0 Å². The number of benzene rings is 2. The molecule has 0 aliphatic carbocycles. The maximum Gasteiger partial charge on any atom is 0.216 e. The third-order valence-corrected chi connectivity index (χ3v) is 3.83. The van der Waals surface area contributed by atoms with Crippen LogP contribution in [0.5, 0.6) is 0 Å². The second kappa shape index (κ2) is 6.39. The fourth-order valence-corrected chi connectivity index (χ4v) is 2.52. The van der Waals surface area contributed by atoms with Crippen molar-refractivity contribution in [3.05, 3.63) is 77.4 Å². The molecule has 1 heterocycles. The Kier molecular flexibility index (Phi) is 4.30. The van der Waals surface area contributed by atoms with Crippen LogP contribution < -0.4 is 0 Å². The highest BCUT2D eigenvalue weighted by Gasteiger charge is 2.29. The van der Waals surface area contributed by atoms with E-state index in [-0.39, 0.29) is 6.61 Å². The second-order valence-corrected chi connectivity index (χ2v) is 6.26. The molecule has 0 aromatic heterocycles. The van der Waals surface area contributed by atoms with E-state index in [1.807, 2.05) is 50.2 Å². The standard InChI is InChI=1S/C20H21NO2/c1-20(2,14-22)21-19-17(13-23-19)18(15-9-5-3-6-10-15)16-11-7-4-8-12-16/h3-12,22H,13-14H2,1-2H3. The average molecular weight is 307 g/mol. The highest BCUT2D eigenvalue weighted by molar-refractivity contribution is 6.08. The first kappa shape index (κ1) is 15.5. The van der Waals surface area contributed by atoms with Crippen LogP contribution in [-0.2, 0) is 4.74 Å². The summed E-state index contributed by atoms with van der Waals surface area (Å²) in [4.78, 5) is 4.57. The van der Waals surface area contributed by atoms with E-state index in [1.165, 1.54) is 0 Å². The van der Waals surface area contributed by atoms with Gasteiger partial charge in [0.1, 0.15) is 6.61 Å². The summed E-state index contributed by atoms with van der Waals surface area (Å²) in [6.45, 7) is 4.31. The lowest BCUT2D eigenvalue weighted by Gasteiger charge is -2.29. The first-order chi connectivity index (χ1) is 11.1. The highest BCUT2D eigenvalue weighted by Crippen LogP contribution is 2.32. The molecule has 1 aliphatic rings. The van der Waals surface area contributed by atoms with Gasteiger partial charge in [0.2, 0.25) is 5.90 Å². The Hall–Kier alpha value is -2.39. The molecule has 0 amide bonds. The molecule has 3 rings (SSSR count). The summed E-state index contributed by atoms with van der Waals surface area (Å²) >= 11 is 0. The van der Waals surface area contributed by atoms with Crippen LogP contribution in [-0.4, -0.2) is 29.8 Å². The zero-order valence-corrected chi connectivity index (χ0v) is 13.5. The van der Waals surface area contributed by atoms with E-state index < -0.39 is 5.54 Å². The molecule has 1 fully saturated rings. The monoisotopic (exact) mass is 307 g/mol. The van der Waals surface area contributed by atoms with Crippen molar-refractivity contribution in [1.29, 1.82) is 0 Å². The Morgan fingerprint density at radius 2 is 1.52 bits per heavy atom. The minimum atomic E-state index is -0.542. The van der Waals surface area contributed by atoms with Gasteiger partial charge in [0.15, 0.2) is 0 Å². The minimum Gasteiger partial charge on any atom is -0.472 e. The molecule has 0 spiro atoms. The normalized spacial score (nSPS) is 16.0. The number of aliphatic imine (C=N–C) groups is 1. The van der Waals surface area contributed by atoms with Gasteiger partial charge < -0.3 is 9.84 Å². The van der Waals surface area contributed by atoms with Crippen molar-refractivity contribution < 1.29 is 9.84 Å². The van der Waals surface area contributed by atoms with Gasteiger partial charge in [-0.25, -0.2) is 4.99 Å². The van der Waals surface area contributed by atoms with Crippen LogP contribution in [0.3, 0.4) is 0 Å². The lowest BCUT2D eigenvalue weighted by Crippen LogP contribution is -2.33. The van der Waals surface area contributed by atoms with Crippen LogP contribution in [0, 0.1) is 0 Å². The molecule has 0 bridgehead atoms. The Morgan fingerprint density at radius 3 is 1.91 bits per heavy atom. The molecular formula is C20H21NO2. The second-order valence-electron chi connectivity index (χ2n) is 6.26. The van der Waals surface area contributed by atoms with Crippen molar-refractivity contribution in [2.75, 3.05) is 13.2 Å². The van der Waals surface area contributed by atoms with E-state index >= 15 is 0 Å². The zero-order valence-electron chi connectivity index (χ0n) is 13.5. The highest BCUT2D eigenvalue weighted by atomic mass is 16.5. The zero-order chi connectivity index (χ0) is 16.3. The molecule has 0 saturated carbocycles. The third-order valence-electron chi connectivity index (χ3n) is 3.83. The van der Waals surface area contributed by atoms with Gasteiger partial charge in [-0.2, -0.15) is 0 Å². The topological polar surface area (TPSA) is 41.8 Å². The van der Waals surface area contributed by atoms with Gasteiger partial charge in [-0.15, -0.1) is 0 Å². The first-order valence-electron chi connectivity index (χ1n) is 7.78. The molecule has 3 nitrogen and oxygen atoms in total. The van der Waals surface area contributed by atoms with Crippen LogP contribution in [0.15, 0.2) is 71.2 Å². The van der Waals surface area contributed by atoms with Gasteiger partial charge in [0, 0.05) is 5.57 Å². The van der Waals surface area contributed by atoms with E-state index in [4.69, 9.17) is 4.74 Å². The summed E-state index contributed by atoms with van der Waals surface area (Å²) < 4.78 is 5.59. The number of nitrogens with zero attached hydrogens (tertiary/aromatic N) is 1. The van der Waals surface area contributed by atoms with Gasteiger partial charge in [0.25, 0.3) is 0 Å². The maximum atomic E-state index is 9.44. The number of aliphatic hydroxyl groups is 1. The van der Waals surface area contributed by atoms with E-state index in [9.17, 15) is 5.11 Å². The molecule has 0 radical (unpaired) electrons. The van der Waals surface area contributed by atoms with Crippen molar-refractivity contribution >= 4 is 11.5 Å². The molecule has 2 aromatic carbocycles. The van der Waals surface area contributed by atoms with Crippen molar-refractivity contribution in [3.8, 4) is 0 Å². The van der Waals surface area contributed by atoms with E-state index in [0.717, 1.165) is 22.3 Å². The predicted octanol–water partition coefficient (Wildman–Crippen LogP) is 3.69. The van der Waals surface area contributed by atoms with Gasteiger partial charge in [-0.05, 0) is 25.0 Å². The van der Waals surface area contributed by atoms with Gasteiger partial charge >= 0.3 is 0 Å². The van der Waals surface area contributed by atoms with Crippen LogP contribution >= 0.6 is 0 Å². The third kappa shape index (κ3) is 3.35. The Bertz CT molecular complexity index is 689. The molecule has 23 heavy (non-hydrogen) atoms. The van der Waals surface area contributed by atoms with Crippen molar-refractivity contribution in [3.63, 3.8) is 0 Å². The number of hydrogen-bond acceptors (Lipinski definition) is 3. The number of aliphatic hydroxyl groups excluding tert-OH is 1. The molecule has 1 N–H and O–H groups in total. The first-order valence-corrected chi connectivity index (χ1v) is 7.78. The average Bonchev–Trinajstić information content (AvgIpc) is 2.58. The van der Waals surface area contributed by atoms with Gasteiger partial charge in [-0.3, -0.25) is 0 Å². The summed E-state index contributed by atoms with van der Waals surface area (Å²) in [5.74, 6) is 0.631. The quantitative estimate of drug-likeness (QED) is 0.936. The smallest absolute Gasteiger partial charge is 0.216 e. The summed E-state index contributed by atoms with van der Waals surface area (Å²) in [5.41, 5.74) is 3.98. The number of ether oxygens (including phenoxy) is 1. The van der Waals surface area contributed by atoms with Crippen LogP contribution in [0.2, 0.25) is 0 Å². The van der Waals surface area contributed by atoms with Gasteiger partial charge in [0.05, 0.1) is 17.7 Å². The molecular weight excluding hydrogens is 286 g/mol. The summed E-state index contributed by atoms with van der Waals surface area (Å²) in [5, 5.41) is 9.44. The molecule has 1 aliphatic heterocycles. The predicted molar refractivity (Wildman–Crippen MR) is 93.5 cm³/mol. The summed E-state index contributed by atoms with van der Waals surface area (Å²) in [6, 6.07) is 20.6. The van der Waals surface area contributed by atoms with E-state index in [0.29, 0.717) is 12.5 Å². The maximum absolute atomic E-state index is 9.44. The molecule has 3 heteroatoms. The van der Waals surface area contributed by atoms with Crippen molar-refractivity contribution in [2.45, 2.75) is 19.4 Å². The van der Waals surface area contributed by atoms with Crippen LogP contribution in [0.4, 0.5) is 0 Å². The van der Waals surface area contributed by atoms with Crippen LogP contribution in [0.25, 0.3) is 5.57 Å². The van der Waals surface area contributed by atoms with Crippen molar-refractivity contribution in [1.82, 2.24) is 0 Å². The molecule has 0 atom stereocenters.